The van der Waals surface area contributed by atoms with E-state index in [9.17, 15) is 19.5 Å². The molecule has 0 amide bonds. The quantitative estimate of drug-likeness (QED) is 0.0195. The first-order chi connectivity index (χ1) is 46.6. The highest BCUT2D eigenvalue weighted by Crippen LogP contribution is 2.20. The molecule has 2 unspecified atom stereocenters. The summed E-state index contributed by atoms with van der Waals surface area (Å²) >= 11 is 0. The Kier molecular flexibility index (Phi) is 74.3. The molecule has 0 rings (SSSR count). The zero-order chi connectivity index (χ0) is 69.0. The van der Waals surface area contributed by atoms with Crippen molar-refractivity contribution in [2.24, 2.45) is 0 Å². The Balaban J connectivity index is 3.94. The van der Waals surface area contributed by atoms with Crippen molar-refractivity contribution in [3.05, 3.63) is 60.8 Å². The predicted molar refractivity (Wildman–Crippen MR) is 408 cm³/mol. The van der Waals surface area contributed by atoms with Gasteiger partial charge in [0.15, 0.2) is 12.4 Å². The van der Waals surface area contributed by atoms with Gasteiger partial charge in [-0.2, -0.15) is 0 Å². The number of carboxylic acid groups (broad SMARTS) is 1. The molecule has 0 saturated heterocycles. The summed E-state index contributed by atoms with van der Waals surface area (Å²) in [5, 5.41) is 11.9. The van der Waals surface area contributed by atoms with Crippen LogP contribution in [0.3, 0.4) is 0 Å². The lowest BCUT2D eigenvalue weighted by molar-refractivity contribution is -0.870. The fourth-order valence-electron chi connectivity index (χ4n) is 12.5. The van der Waals surface area contributed by atoms with Crippen molar-refractivity contribution in [3.63, 3.8) is 0 Å². The van der Waals surface area contributed by atoms with E-state index in [0.29, 0.717) is 17.4 Å². The number of esters is 2. The Labute approximate surface area is 590 Å². The number of nitrogens with zero attached hydrogens (tertiary/aromatic N) is 1. The minimum absolute atomic E-state index is 0.151. The zero-order valence-corrected chi connectivity index (χ0v) is 63.8. The Hall–Kier alpha value is -3.01. The van der Waals surface area contributed by atoms with E-state index < -0.39 is 24.3 Å². The minimum atomic E-state index is -1.62. The normalized spacial score (nSPS) is 12.9. The highest BCUT2D eigenvalue weighted by Gasteiger charge is 2.22. The largest absolute Gasteiger partial charge is 0.545 e. The number of quaternary nitrogens is 1. The van der Waals surface area contributed by atoms with Gasteiger partial charge in [-0.1, -0.05) is 383 Å². The molecule has 2 atom stereocenters. The average Bonchev–Trinajstić information content (AvgIpc) is 2.92. The van der Waals surface area contributed by atoms with E-state index in [-0.39, 0.29) is 32.2 Å². The molecule has 0 aliphatic carbocycles. The number of carbonyl (C=O) groups is 3. The van der Waals surface area contributed by atoms with Gasteiger partial charge < -0.3 is 33.3 Å². The van der Waals surface area contributed by atoms with Gasteiger partial charge in [-0.25, -0.2) is 0 Å². The molecule has 0 aliphatic heterocycles. The van der Waals surface area contributed by atoms with Gasteiger partial charge in [0, 0.05) is 12.8 Å². The van der Waals surface area contributed by atoms with Crippen molar-refractivity contribution in [3.8, 4) is 0 Å². The Bertz CT molecular complexity index is 1750. The molecular formula is C86H159NO8. The Morgan fingerprint density at radius 2 is 0.600 bits per heavy atom. The SMILES string of the molecule is CC/C=C\C/C=C\C/C=C\C/C=C\CCCCCCCCCCCCCCCCCCCCCCCCCCCCC(=O)OC(COC(=O)CCCCCCCCCCCCCCCCCCCCC/C=C\CCCCCCCCCC)COC(OCC[N+](C)(C)C)C(=O)[O-]. The van der Waals surface area contributed by atoms with Crippen molar-refractivity contribution in [2.75, 3.05) is 47.5 Å². The molecule has 0 radical (unpaired) electrons. The van der Waals surface area contributed by atoms with Gasteiger partial charge in [0.05, 0.1) is 40.3 Å². The maximum atomic E-state index is 13.0. The summed E-state index contributed by atoms with van der Waals surface area (Å²) in [6.45, 7) is 4.71. The molecule has 0 aromatic carbocycles. The molecule has 0 saturated carbocycles. The molecule has 95 heavy (non-hydrogen) atoms. The molecule has 556 valence electrons. The van der Waals surface area contributed by atoms with E-state index in [4.69, 9.17) is 18.9 Å². The fraction of sp³-hybridized carbons (Fsp3) is 0.849. The van der Waals surface area contributed by atoms with Crippen LogP contribution in [0.25, 0.3) is 0 Å². The summed E-state index contributed by atoms with van der Waals surface area (Å²) < 4.78 is 22.9. The molecule has 0 spiro atoms. The molecule has 0 aliphatic rings. The number of rotatable bonds is 78. The first-order valence-electron chi connectivity index (χ1n) is 41.4. The number of unbranched alkanes of at least 4 members (excludes halogenated alkanes) is 53. The van der Waals surface area contributed by atoms with Crippen LogP contribution in [0.5, 0.6) is 0 Å². The van der Waals surface area contributed by atoms with Crippen molar-refractivity contribution >= 4 is 17.9 Å². The maximum absolute atomic E-state index is 13.0. The van der Waals surface area contributed by atoms with Crippen LogP contribution in [0.15, 0.2) is 60.8 Å². The third-order valence-corrected chi connectivity index (χ3v) is 18.7. The average molecular weight is 1340 g/mol. The second kappa shape index (κ2) is 76.7. The first kappa shape index (κ1) is 92.0. The summed E-state index contributed by atoms with van der Waals surface area (Å²) in [6, 6.07) is 0. The summed E-state index contributed by atoms with van der Waals surface area (Å²) in [4.78, 5) is 37.6. The highest BCUT2D eigenvalue weighted by atomic mass is 16.7. The standard InChI is InChI=1S/C86H159NO8/c1-6-8-10-12-14-16-18-20-22-24-26-28-30-32-34-36-38-39-40-41-42-43-44-45-47-49-51-53-55-57-59-61-63-65-67-69-71-73-75-77-84(89)95-82(81-94-86(85(90)91)92-79-78-87(3,4)5)80-93-83(88)76-74-72-70-68-66-64-62-60-58-56-54-52-50-48-46-37-35-33-31-29-27-25-23-21-19-17-15-13-11-9-7-2/h8,10,14,16,20,22,25-28,82,86H,6-7,9,11-13,15,17-19,21,23-24,29-81H2,1-5H3/b10-8-,16-14-,22-20-,27-25-,28-26-. The summed E-state index contributed by atoms with van der Waals surface area (Å²) in [7, 11) is 5.95. The molecule has 0 heterocycles. The molecule has 9 nitrogen and oxygen atoms in total. The van der Waals surface area contributed by atoms with E-state index >= 15 is 0 Å². The topological polar surface area (TPSA) is 111 Å². The van der Waals surface area contributed by atoms with Crippen LogP contribution in [0.4, 0.5) is 0 Å². The molecule has 0 bridgehead atoms. The lowest BCUT2D eigenvalue weighted by Crippen LogP contribution is -2.44. The van der Waals surface area contributed by atoms with Crippen LogP contribution in [0.1, 0.15) is 412 Å². The summed E-state index contributed by atoms with van der Waals surface area (Å²) in [5.41, 5.74) is 0. The fourth-order valence-corrected chi connectivity index (χ4v) is 12.5. The molecule has 9 heteroatoms. The van der Waals surface area contributed by atoms with Gasteiger partial charge in [0.1, 0.15) is 13.2 Å². The van der Waals surface area contributed by atoms with Crippen molar-refractivity contribution < 1.29 is 42.9 Å². The van der Waals surface area contributed by atoms with Crippen LogP contribution in [-0.2, 0) is 33.3 Å². The molecule has 0 aromatic rings. The molecule has 0 aromatic heterocycles. The number of ether oxygens (including phenoxy) is 4. The lowest BCUT2D eigenvalue weighted by atomic mass is 10.0. The molecular weight excluding hydrogens is 1170 g/mol. The van der Waals surface area contributed by atoms with Crippen molar-refractivity contribution in [1.82, 2.24) is 0 Å². The second-order valence-corrected chi connectivity index (χ2v) is 29.4. The van der Waals surface area contributed by atoms with Crippen LogP contribution in [0.2, 0.25) is 0 Å². The number of allylic oxidation sites excluding steroid dienone is 10. The van der Waals surface area contributed by atoms with Crippen LogP contribution in [0, 0.1) is 0 Å². The predicted octanol–water partition coefficient (Wildman–Crippen LogP) is 25.3. The number of hydrogen-bond acceptors (Lipinski definition) is 8. The van der Waals surface area contributed by atoms with E-state index in [0.717, 1.165) is 64.2 Å². The first-order valence-corrected chi connectivity index (χ1v) is 41.4. The number of aliphatic carboxylic acids is 1. The third-order valence-electron chi connectivity index (χ3n) is 18.7. The Morgan fingerprint density at radius 1 is 0.326 bits per heavy atom. The van der Waals surface area contributed by atoms with Gasteiger partial charge in [-0.3, -0.25) is 9.59 Å². The second-order valence-electron chi connectivity index (χ2n) is 29.4. The zero-order valence-electron chi connectivity index (χ0n) is 63.8. The Morgan fingerprint density at radius 3 is 0.905 bits per heavy atom. The van der Waals surface area contributed by atoms with Crippen molar-refractivity contribution in [2.45, 2.75) is 424 Å². The van der Waals surface area contributed by atoms with E-state index in [1.807, 2.05) is 21.1 Å². The molecule has 0 N–H and O–H groups in total. The van der Waals surface area contributed by atoms with E-state index in [1.165, 1.54) is 321 Å². The highest BCUT2D eigenvalue weighted by molar-refractivity contribution is 5.70. The van der Waals surface area contributed by atoms with Crippen LogP contribution in [-0.4, -0.2) is 82.3 Å². The van der Waals surface area contributed by atoms with Gasteiger partial charge in [0.25, 0.3) is 0 Å². The van der Waals surface area contributed by atoms with Gasteiger partial charge in [-0.05, 0) is 77.0 Å². The van der Waals surface area contributed by atoms with Gasteiger partial charge in [-0.15, -0.1) is 0 Å². The lowest BCUT2D eigenvalue weighted by Gasteiger charge is -2.26. The smallest absolute Gasteiger partial charge is 0.306 e. The van der Waals surface area contributed by atoms with Crippen molar-refractivity contribution in [1.29, 1.82) is 0 Å². The number of carbonyl (C=O) groups excluding carboxylic acids is 3. The molecule has 0 fully saturated rings. The van der Waals surface area contributed by atoms with Gasteiger partial charge >= 0.3 is 11.9 Å². The summed E-state index contributed by atoms with van der Waals surface area (Å²) in [6.07, 6.45) is 99.4. The van der Waals surface area contributed by atoms with E-state index in [2.05, 4.69) is 74.6 Å². The monoisotopic (exact) mass is 1330 g/mol. The van der Waals surface area contributed by atoms with Crippen LogP contribution < -0.4 is 5.11 Å². The third kappa shape index (κ3) is 78.2. The number of hydrogen-bond donors (Lipinski definition) is 0. The maximum Gasteiger partial charge on any atom is 0.306 e. The van der Waals surface area contributed by atoms with Crippen LogP contribution >= 0.6 is 0 Å². The number of carboxylic acids is 1. The summed E-state index contributed by atoms with van der Waals surface area (Å²) in [5.74, 6) is -2.25. The van der Waals surface area contributed by atoms with E-state index in [1.54, 1.807) is 0 Å². The minimum Gasteiger partial charge on any atom is -0.545 e. The van der Waals surface area contributed by atoms with Gasteiger partial charge in [0.2, 0.25) is 0 Å². The number of likely N-dealkylation sites (N-methyl/N-ethyl adjacent to an activating group) is 1.